The molecule has 1 aromatic rings. The lowest BCUT2D eigenvalue weighted by Crippen LogP contribution is -2.39. The number of likely N-dealkylation sites (tertiary alicyclic amines) is 1. The monoisotopic (exact) mass is 252 g/mol. The number of nitrogens with two attached hydrogens (primary N) is 1. The highest BCUT2D eigenvalue weighted by atomic mass is 16.3. The van der Waals surface area contributed by atoms with Crippen LogP contribution in [0.4, 0.5) is 0 Å². The van der Waals surface area contributed by atoms with Crippen molar-refractivity contribution in [1.82, 2.24) is 4.90 Å². The topological polar surface area (TPSA) is 62.6 Å². The van der Waals surface area contributed by atoms with Gasteiger partial charge in [0.1, 0.15) is 11.5 Å². The van der Waals surface area contributed by atoms with Crippen LogP contribution in [0.25, 0.3) is 0 Å². The van der Waals surface area contributed by atoms with Crippen molar-refractivity contribution >= 4 is 0 Å². The molecule has 0 saturated carbocycles. The molecule has 102 valence electrons. The van der Waals surface area contributed by atoms with Gasteiger partial charge in [0.2, 0.25) is 0 Å². The fraction of sp³-hybridized carbons (Fsp3) is 0.714. The van der Waals surface area contributed by atoms with Gasteiger partial charge in [0, 0.05) is 19.2 Å². The van der Waals surface area contributed by atoms with E-state index in [1.165, 1.54) is 0 Å². The van der Waals surface area contributed by atoms with Crippen LogP contribution in [-0.2, 0) is 0 Å². The Hall–Kier alpha value is -0.840. The molecule has 2 rings (SSSR count). The van der Waals surface area contributed by atoms with Gasteiger partial charge in [-0.3, -0.25) is 4.90 Å². The SMILES string of the molecule is CCC(N)C(c1ccc(C)o1)N1CCC(CO)C1. The Morgan fingerprint density at radius 3 is 2.83 bits per heavy atom. The molecule has 18 heavy (non-hydrogen) atoms. The zero-order valence-electron chi connectivity index (χ0n) is 11.3. The zero-order valence-corrected chi connectivity index (χ0v) is 11.3. The van der Waals surface area contributed by atoms with Crippen LogP contribution in [0.3, 0.4) is 0 Å². The molecule has 0 amide bonds. The highest BCUT2D eigenvalue weighted by Crippen LogP contribution is 2.31. The second kappa shape index (κ2) is 5.87. The summed E-state index contributed by atoms with van der Waals surface area (Å²) in [6.45, 7) is 6.23. The third-order valence-corrected chi connectivity index (χ3v) is 3.90. The smallest absolute Gasteiger partial charge is 0.122 e. The van der Waals surface area contributed by atoms with E-state index in [-0.39, 0.29) is 18.7 Å². The highest BCUT2D eigenvalue weighted by molar-refractivity contribution is 5.12. The van der Waals surface area contributed by atoms with Crippen molar-refractivity contribution in [3.63, 3.8) is 0 Å². The van der Waals surface area contributed by atoms with E-state index in [0.717, 1.165) is 37.5 Å². The van der Waals surface area contributed by atoms with Crippen LogP contribution in [0.1, 0.15) is 37.3 Å². The van der Waals surface area contributed by atoms with Crippen LogP contribution < -0.4 is 5.73 Å². The maximum absolute atomic E-state index is 9.25. The van der Waals surface area contributed by atoms with Crippen LogP contribution in [0.5, 0.6) is 0 Å². The van der Waals surface area contributed by atoms with Gasteiger partial charge in [-0.15, -0.1) is 0 Å². The molecule has 4 nitrogen and oxygen atoms in total. The van der Waals surface area contributed by atoms with E-state index in [4.69, 9.17) is 10.2 Å². The van der Waals surface area contributed by atoms with Crippen LogP contribution in [0, 0.1) is 12.8 Å². The molecular formula is C14H24N2O2. The van der Waals surface area contributed by atoms with Crippen molar-refractivity contribution in [2.45, 2.75) is 38.8 Å². The summed E-state index contributed by atoms with van der Waals surface area (Å²) < 4.78 is 5.77. The summed E-state index contributed by atoms with van der Waals surface area (Å²) >= 11 is 0. The lowest BCUT2D eigenvalue weighted by atomic mass is 10.0. The van der Waals surface area contributed by atoms with Crippen molar-refractivity contribution in [2.24, 2.45) is 11.7 Å². The lowest BCUT2D eigenvalue weighted by molar-refractivity contribution is 0.161. The Morgan fingerprint density at radius 2 is 2.33 bits per heavy atom. The van der Waals surface area contributed by atoms with Gasteiger partial charge in [-0.25, -0.2) is 0 Å². The molecular weight excluding hydrogens is 228 g/mol. The van der Waals surface area contributed by atoms with Gasteiger partial charge < -0.3 is 15.3 Å². The number of aliphatic hydroxyl groups excluding tert-OH is 1. The lowest BCUT2D eigenvalue weighted by Gasteiger charge is -2.30. The summed E-state index contributed by atoms with van der Waals surface area (Å²) in [5.74, 6) is 2.27. The molecule has 3 N–H and O–H groups in total. The molecule has 1 aromatic heterocycles. The van der Waals surface area contributed by atoms with Crippen molar-refractivity contribution in [1.29, 1.82) is 0 Å². The van der Waals surface area contributed by atoms with E-state index in [2.05, 4.69) is 11.8 Å². The van der Waals surface area contributed by atoms with Gasteiger partial charge >= 0.3 is 0 Å². The summed E-state index contributed by atoms with van der Waals surface area (Å²) in [5, 5.41) is 9.25. The number of nitrogens with zero attached hydrogens (tertiary/aromatic N) is 1. The van der Waals surface area contributed by atoms with Gasteiger partial charge in [-0.1, -0.05) is 6.92 Å². The fourth-order valence-electron chi connectivity index (χ4n) is 2.76. The summed E-state index contributed by atoms with van der Waals surface area (Å²) in [6, 6.07) is 4.24. The predicted molar refractivity (Wildman–Crippen MR) is 71.2 cm³/mol. The molecule has 3 atom stereocenters. The minimum atomic E-state index is 0.0768. The molecule has 0 radical (unpaired) electrons. The minimum absolute atomic E-state index is 0.0768. The number of aliphatic hydroxyl groups is 1. The van der Waals surface area contributed by atoms with Crippen LogP contribution >= 0.6 is 0 Å². The summed E-state index contributed by atoms with van der Waals surface area (Å²) in [7, 11) is 0. The molecule has 1 aliphatic heterocycles. The van der Waals surface area contributed by atoms with E-state index >= 15 is 0 Å². The van der Waals surface area contributed by atoms with E-state index in [1.807, 2.05) is 19.1 Å². The second-order valence-electron chi connectivity index (χ2n) is 5.30. The fourth-order valence-corrected chi connectivity index (χ4v) is 2.76. The molecule has 1 aliphatic rings. The predicted octanol–water partition coefficient (Wildman–Crippen LogP) is 1.68. The first-order valence-electron chi connectivity index (χ1n) is 6.82. The molecule has 1 saturated heterocycles. The number of aryl methyl sites for hydroxylation is 1. The summed E-state index contributed by atoms with van der Waals surface area (Å²) in [6.07, 6.45) is 1.97. The third kappa shape index (κ3) is 2.76. The van der Waals surface area contributed by atoms with Gasteiger partial charge in [-0.2, -0.15) is 0 Å². The Kier molecular flexibility index (Phi) is 4.43. The third-order valence-electron chi connectivity index (χ3n) is 3.90. The average Bonchev–Trinajstić information content (AvgIpc) is 2.99. The van der Waals surface area contributed by atoms with Gasteiger partial charge in [0.05, 0.1) is 6.04 Å². The normalized spacial score (nSPS) is 24.3. The summed E-state index contributed by atoms with van der Waals surface area (Å²) in [5.41, 5.74) is 6.26. The average molecular weight is 252 g/mol. The van der Waals surface area contributed by atoms with E-state index in [0.29, 0.717) is 5.92 Å². The first-order chi connectivity index (χ1) is 8.65. The Labute approximate surface area is 109 Å². The molecule has 0 spiro atoms. The van der Waals surface area contributed by atoms with Gasteiger partial charge in [-0.05, 0) is 44.4 Å². The van der Waals surface area contributed by atoms with Gasteiger partial charge in [0.25, 0.3) is 0 Å². The maximum atomic E-state index is 9.25. The maximum Gasteiger partial charge on any atom is 0.122 e. The Bertz CT molecular complexity index is 378. The molecule has 3 unspecified atom stereocenters. The van der Waals surface area contributed by atoms with E-state index < -0.39 is 0 Å². The molecule has 0 aromatic carbocycles. The first-order valence-corrected chi connectivity index (χ1v) is 6.82. The minimum Gasteiger partial charge on any atom is -0.465 e. The Morgan fingerprint density at radius 1 is 1.56 bits per heavy atom. The zero-order chi connectivity index (χ0) is 13.1. The molecule has 2 heterocycles. The van der Waals surface area contributed by atoms with E-state index in [9.17, 15) is 5.11 Å². The van der Waals surface area contributed by atoms with Crippen LogP contribution in [0.2, 0.25) is 0 Å². The van der Waals surface area contributed by atoms with Crippen molar-refractivity contribution in [2.75, 3.05) is 19.7 Å². The molecule has 0 aliphatic carbocycles. The van der Waals surface area contributed by atoms with Crippen LogP contribution in [-0.4, -0.2) is 35.7 Å². The van der Waals surface area contributed by atoms with Crippen LogP contribution in [0.15, 0.2) is 16.5 Å². The molecule has 0 bridgehead atoms. The number of furan rings is 1. The van der Waals surface area contributed by atoms with Crippen molar-refractivity contribution < 1.29 is 9.52 Å². The molecule has 4 heteroatoms. The highest BCUT2D eigenvalue weighted by Gasteiger charge is 2.33. The second-order valence-corrected chi connectivity index (χ2v) is 5.30. The number of rotatable bonds is 5. The van der Waals surface area contributed by atoms with Crippen molar-refractivity contribution in [3.05, 3.63) is 23.7 Å². The quantitative estimate of drug-likeness (QED) is 0.837. The number of hydrogen-bond acceptors (Lipinski definition) is 4. The summed E-state index contributed by atoms with van der Waals surface area (Å²) in [4.78, 5) is 2.35. The Balaban J connectivity index is 2.16. The first kappa shape index (κ1) is 13.6. The van der Waals surface area contributed by atoms with E-state index in [1.54, 1.807) is 0 Å². The standard InChI is InChI=1S/C14H24N2O2/c1-3-12(15)14(13-5-4-10(2)18-13)16-7-6-11(8-16)9-17/h4-5,11-12,14,17H,3,6-9,15H2,1-2H3. The van der Waals surface area contributed by atoms with Gasteiger partial charge in [0.15, 0.2) is 0 Å². The largest absolute Gasteiger partial charge is 0.465 e. The van der Waals surface area contributed by atoms with Crippen molar-refractivity contribution in [3.8, 4) is 0 Å². The number of hydrogen-bond donors (Lipinski definition) is 2. The molecule has 1 fully saturated rings.